The molecule has 0 atom stereocenters. The molecule has 1 N–H and O–H groups in total. The van der Waals surface area contributed by atoms with Gasteiger partial charge < -0.3 is 14.7 Å². The van der Waals surface area contributed by atoms with Crippen molar-refractivity contribution in [2.75, 3.05) is 19.1 Å². The van der Waals surface area contributed by atoms with Crippen LogP contribution in [0.2, 0.25) is 0 Å². The van der Waals surface area contributed by atoms with Crippen LogP contribution in [0.5, 0.6) is 0 Å². The average Bonchev–Trinajstić information content (AvgIpc) is 2.43. The standard InChI is InChI=1S/C13H15NO5/c1-14(11(15)7-8-12(16)17)10-5-3-9(4-6-10)13(18)19-2/h3-6H,7-8H2,1-2H3,(H,16,17). The van der Waals surface area contributed by atoms with Crippen LogP contribution in [-0.4, -0.2) is 37.1 Å². The lowest BCUT2D eigenvalue weighted by molar-refractivity contribution is -0.138. The highest BCUT2D eigenvalue weighted by Crippen LogP contribution is 2.15. The highest BCUT2D eigenvalue weighted by atomic mass is 16.5. The first-order chi connectivity index (χ1) is 8.95. The summed E-state index contributed by atoms with van der Waals surface area (Å²) in [6.45, 7) is 0. The van der Waals surface area contributed by atoms with Crippen LogP contribution in [0.25, 0.3) is 0 Å². The van der Waals surface area contributed by atoms with Crippen molar-refractivity contribution in [3.63, 3.8) is 0 Å². The van der Waals surface area contributed by atoms with Crippen LogP contribution in [0.1, 0.15) is 23.2 Å². The third kappa shape index (κ3) is 4.09. The topological polar surface area (TPSA) is 83.9 Å². The zero-order valence-corrected chi connectivity index (χ0v) is 10.8. The van der Waals surface area contributed by atoms with Gasteiger partial charge in [-0.1, -0.05) is 0 Å². The summed E-state index contributed by atoms with van der Waals surface area (Å²) in [6.07, 6.45) is -0.270. The third-order valence-corrected chi connectivity index (χ3v) is 2.60. The summed E-state index contributed by atoms with van der Waals surface area (Å²) in [5.74, 6) is -1.76. The highest BCUT2D eigenvalue weighted by molar-refractivity contribution is 5.95. The van der Waals surface area contributed by atoms with E-state index in [1.807, 2.05) is 0 Å². The monoisotopic (exact) mass is 265 g/mol. The summed E-state index contributed by atoms with van der Waals surface area (Å²) in [6, 6.07) is 6.29. The van der Waals surface area contributed by atoms with Gasteiger partial charge in [-0.25, -0.2) is 4.79 Å². The Bertz CT molecular complexity index is 480. The van der Waals surface area contributed by atoms with Gasteiger partial charge >= 0.3 is 11.9 Å². The van der Waals surface area contributed by atoms with Crippen molar-refractivity contribution >= 4 is 23.5 Å². The van der Waals surface area contributed by atoms with Crippen LogP contribution in [-0.2, 0) is 14.3 Å². The SMILES string of the molecule is COC(=O)c1ccc(N(C)C(=O)CCC(=O)O)cc1. The largest absolute Gasteiger partial charge is 0.481 e. The van der Waals surface area contributed by atoms with Gasteiger partial charge in [0.05, 0.1) is 19.1 Å². The van der Waals surface area contributed by atoms with Crippen molar-refractivity contribution in [3.8, 4) is 0 Å². The molecule has 0 bridgehead atoms. The van der Waals surface area contributed by atoms with Crippen molar-refractivity contribution in [1.29, 1.82) is 0 Å². The van der Waals surface area contributed by atoms with Gasteiger partial charge in [0.25, 0.3) is 0 Å². The van der Waals surface area contributed by atoms with E-state index in [1.165, 1.54) is 12.0 Å². The highest BCUT2D eigenvalue weighted by Gasteiger charge is 2.13. The van der Waals surface area contributed by atoms with E-state index in [2.05, 4.69) is 4.74 Å². The molecular formula is C13H15NO5. The molecule has 0 aliphatic carbocycles. The van der Waals surface area contributed by atoms with Gasteiger partial charge in [-0.15, -0.1) is 0 Å². The molecule has 0 aromatic heterocycles. The van der Waals surface area contributed by atoms with E-state index < -0.39 is 11.9 Å². The minimum atomic E-state index is -1.01. The number of esters is 1. The Morgan fingerprint density at radius 2 is 1.74 bits per heavy atom. The first-order valence-corrected chi connectivity index (χ1v) is 5.62. The molecule has 0 unspecified atom stereocenters. The number of nitrogens with zero attached hydrogens (tertiary/aromatic N) is 1. The van der Waals surface area contributed by atoms with Crippen LogP contribution < -0.4 is 4.90 Å². The number of amides is 1. The molecular weight excluding hydrogens is 250 g/mol. The Labute approximate surface area is 110 Å². The maximum atomic E-state index is 11.7. The number of ether oxygens (including phenoxy) is 1. The molecule has 0 heterocycles. The average molecular weight is 265 g/mol. The third-order valence-electron chi connectivity index (χ3n) is 2.60. The number of carbonyl (C=O) groups is 3. The van der Waals surface area contributed by atoms with Gasteiger partial charge in [0, 0.05) is 19.2 Å². The molecule has 0 saturated carbocycles. The molecule has 0 spiro atoms. The molecule has 0 fully saturated rings. The number of aliphatic carboxylic acids is 1. The number of rotatable bonds is 5. The number of methoxy groups -OCH3 is 1. The fourth-order valence-electron chi connectivity index (χ4n) is 1.46. The number of anilines is 1. The van der Waals surface area contributed by atoms with Crippen LogP contribution in [0.4, 0.5) is 5.69 Å². The van der Waals surface area contributed by atoms with Crippen molar-refractivity contribution in [1.82, 2.24) is 0 Å². The second-order valence-corrected chi connectivity index (χ2v) is 3.88. The Balaban J connectivity index is 2.72. The molecule has 0 aliphatic heterocycles. The zero-order chi connectivity index (χ0) is 14.4. The van der Waals surface area contributed by atoms with Crippen LogP contribution in [0.3, 0.4) is 0 Å². The molecule has 6 heteroatoms. The van der Waals surface area contributed by atoms with E-state index >= 15 is 0 Å². The first kappa shape index (κ1) is 14.7. The Morgan fingerprint density at radius 1 is 1.16 bits per heavy atom. The maximum absolute atomic E-state index is 11.7. The summed E-state index contributed by atoms with van der Waals surface area (Å²) in [5.41, 5.74) is 0.973. The second-order valence-electron chi connectivity index (χ2n) is 3.88. The predicted octanol–water partition coefficient (Wildman–Crippen LogP) is 1.30. The summed E-state index contributed by atoms with van der Waals surface area (Å²) >= 11 is 0. The fraction of sp³-hybridized carbons (Fsp3) is 0.308. The van der Waals surface area contributed by atoms with Crippen molar-refractivity contribution < 1.29 is 24.2 Å². The molecule has 19 heavy (non-hydrogen) atoms. The Hall–Kier alpha value is -2.37. The summed E-state index contributed by atoms with van der Waals surface area (Å²) in [7, 11) is 2.84. The quantitative estimate of drug-likeness (QED) is 0.811. The molecule has 102 valence electrons. The summed E-state index contributed by atoms with van der Waals surface area (Å²) < 4.78 is 4.56. The van der Waals surface area contributed by atoms with Crippen LogP contribution in [0.15, 0.2) is 24.3 Å². The minimum Gasteiger partial charge on any atom is -0.481 e. The number of carbonyl (C=O) groups excluding carboxylic acids is 2. The van der Waals surface area contributed by atoms with E-state index in [9.17, 15) is 14.4 Å². The van der Waals surface area contributed by atoms with E-state index in [0.29, 0.717) is 11.3 Å². The second kappa shape index (κ2) is 6.53. The summed E-state index contributed by atoms with van der Waals surface area (Å²) in [4.78, 5) is 34.7. The number of carboxylic acids is 1. The molecule has 1 aromatic rings. The van der Waals surface area contributed by atoms with Crippen LogP contribution in [0, 0.1) is 0 Å². The van der Waals surface area contributed by atoms with Gasteiger partial charge in [-0.2, -0.15) is 0 Å². The van der Waals surface area contributed by atoms with Crippen molar-refractivity contribution in [3.05, 3.63) is 29.8 Å². The fourth-order valence-corrected chi connectivity index (χ4v) is 1.46. The van der Waals surface area contributed by atoms with E-state index in [4.69, 9.17) is 5.11 Å². The lowest BCUT2D eigenvalue weighted by Gasteiger charge is -2.17. The van der Waals surface area contributed by atoms with Gasteiger partial charge in [-0.3, -0.25) is 9.59 Å². The molecule has 6 nitrogen and oxygen atoms in total. The molecule has 1 rings (SSSR count). The molecule has 0 radical (unpaired) electrons. The minimum absolute atomic E-state index is 0.0649. The smallest absolute Gasteiger partial charge is 0.337 e. The van der Waals surface area contributed by atoms with E-state index in [-0.39, 0.29) is 18.7 Å². The molecule has 1 amide bonds. The van der Waals surface area contributed by atoms with E-state index in [0.717, 1.165) is 0 Å². The van der Waals surface area contributed by atoms with Crippen molar-refractivity contribution in [2.24, 2.45) is 0 Å². The lowest BCUT2D eigenvalue weighted by Crippen LogP contribution is -2.26. The van der Waals surface area contributed by atoms with Crippen LogP contribution >= 0.6 is 0 Å². The van der Waals surface area contributed by atoms with Gasteiger partial charge in [0.2, 0.25) is 5.91 Å². The van der Waals surface area contributed by atoms with Gasteiger partial charge in [0.15, 0.2) is 0 Å². The number of hydrogen-bond donors (Lipinski definition) is 1. The molecule has 1 aromatic carbocycles. The number of hydrogen-bond acceptors (Lipinski definition) is 4. The first-order valence-electron chi connectivity index (χ1n) is 5.62. The Kier molecular flexibility index (Phi) is 5.05. The van der Waals surface area contributed by atoms with Crippen molar-refractivity contribution in [2.45, 2.75) is 12.8 Å². The maximum Gasteiger partial charge on any atom is 0.337 e. The number of carboxylic acid groups (broad SMARTS) is 1. The molecule has 0 saturated heterocycles. The molecule has 0 aliphatic rings. The van der Waals surface area contributed by atoms with Gasteiger partial charge in [-0.05, 0) is 24.3 Å². The van der Waals surface area contributed by atoms with E-state index in [1.54, 1.807) is 31.3 Å². The van der Waals surface area contributed by atoms with Gasteiger partial charge in [0.1, 0.15) is 0 Å². The lowest BCUT2D eigenvalue weighted by atomic mass is 10.2. The summed E-state index contributed by atoms with van der Waals surface area (Å²) in [5, 5.41) is 8.52. The zero-order valence-electron chi connectivity index (χ0n) is 10.8. The Morgan fingerprint density at radius 3 is 2.21 bits per heavy atom. The number of benzene rings is 1. The normalized spacial score (nSPS) is 9.79. The predicted molar refractivity (Wildman–Crippen MR) is 68.1 cm³/mol.